The molecule has 0 aliphatic rings. The van der Waals surface area contributed by atoms with Gasteiger partial charge in [-0.05, 0) is 31.2 Å². The predicted octanol–water partition coefficient (Wildman–Crippen LogP) is 1.39. The minimum Gasteiger partial charge on any atom is -0.493 e. The number of sulfonamides is 1. The van der Waals surface area contributed by atoms with Crippen molar-refractivity contribution in [1.82, 2.24) is 4.72 Å². The fourth-order valence-corrected chi connectivity index (χ4v) is 2.37. The average molecular weight is 299 g/mol. The van der Waals surface area contributed by atoms with E-state index in [-0.39, 0.29) is 24.5 Å². The van der Waals surface area contributed by atoms with E-state index in [1.165, 1.54) is 24.3 Å². The average Bonchev–Trinajstić information content (AvgIpc) is 2.37. The van der Waals surface area contributed by atoms with Crippen molar-refractivity contribution >= 4 is 16.0 Å². The van der Waals surface area contributed by atoms with E-state index in [0.29, 0.717) is 11.3 Å². The molecule has 7 heteroatoms. The second kappa shape index (κ2) is 7.06. The van der Waals surface area contributed by atoms with Gasteiger partial charge in [0.1, 0.15) is 5.75 Å². The maximum absolute atomic E-state index is 11.9. The molecule has 6 nitrogen and oxygen atoms in total. The first kappa shape index (κ1) is 16.2. The van der Waals surface area contributed by atoms with Crippen LogP contribution in [0.5, 0.6) is 5.75 Å². The Morgan fingerprint density at radius 2 is 1.95 bits per heavy atom. The van der Waals surface area contributed by atoms with E-state index in [4.69, 9.17) is 9.84 Å². The minimum atomic E-state index is -3.57. The van der Waals surface area contributed by atoms with Crippen molar-refractivity contribution in [2.75, 3.05) is 13.2 Å². The van der Waals surface area contributed by atoms with Gasteiger partial charge in [-0.15, -0.1) is 0 Å². The van der Waals surface area contributed by atoms with Gasteiger partial charge >= 0.3 is 5.97 Å². The van der Waals surface area contributed by atoms with Gasteiger partial charge in [0, 0.05) is 6.54 Å². The van der Waals surface area contributed by atoms with Crippen LogP contribution in [-0.2, 0) is 14.8 Å². The third kappa shape index (κ3) is 5.41. The molecule has 0 spiro atoms. The van der Waals surface area contributed by atoms with Gasteiger partial charge in [0.05, 0.1) is 17.9 Å². The Kier molecular flexibility index (Phi) is 5.72. The molecule has 2 N–H and O–H groups in total. The van der Waals surface area contributed by atoms with Crippen LogP contribution >= 0.6 is 0 Å². The molecule has 0 fully saturated rings. The quantitative estimate of drug-likeness (QED) is 0.708. The Balaban J connectivity index is 2.65. The molecule has 0 aromatic heterocycles. The lowest BCUT2D eigenvalue weighted by Gasteiger charge is -2.08. The number of hydrogen-bond donors (Lipinski definition) is 2. The van der Waals surface area contributed by atoms with E-state index < -0.39 is 16.0 Å². The molecule has 1 aromatic rings. The van der Waals surface area contributed by atoms with Crippen LogP contribution in [0.1, 0.15) is 13.3 Å². The molecule has 110 valence electrons. The number of nitrogens with one attached hydrogen (secondary N) is 1. The standard InChI is InChI=1S/C13H17NO5S/c1-10(2)9-14-20(17,18)12-5-3-11(4-6-12)19-8-7-13(15)16/h3-6,14H,1,7-9H2,2H3,(H,15,16). The van der Waals surface area contributed by atoms with Crippen molar-refractivity contribution in [2.45, 2.75) is 18.2 Å². The maximum Gasteiger partial charge on any atom is 0.306 e. The topological polar surface area (TPSA) is 92.7 Å². The largest absolute Gasteiger partial charge is 0.493 e. The molecular formula is C13H17NO5S. The van der Waals surface area contributed by atoms with Gasteiger partial charge in [-0.3, -0.25) is 4.79 Å². The summed E-state index contributed by atoms with van der Waals surface area (Å²) in [5.74, 6) is -0.529. The zero-order valence-corrected chi connectivity index (χ0v) is 11.9. The smallest absolute Gasteiger partial charge is 0.306 e. The Hall–Kier alpha value is -1.86. The summed E-state index contributed by atoms with van der Waals surface area (Å²) in [4.78, 5) is 10.4. The van der Waals surface area contributed by atoms with Gasteiger partial charge < -0.3 is 9.84 Å². The normalized spacial score (nSPS) is 11.1. The molecule has 0 atom stereocenters. The molecule has 1 rings (SSSR count). The third-order valence-electron chi connectivity index (χ3n) is 2.28. The van der Waals surface area contributed by atoms with Crippen LogP contribution < -0.4 is 9.46 Å². The Bertz CT molecular complexity index is 577. The van der Waals surface area contributed by atoms with E-state index in [0.717, 1.165) is 0 Å². The summed E-state index contributed by atoms with van der Waals surface area (Å²) in [6, 6.07) is 5.77. The van der Waals surface area contributed by atoms with Gasteiger partial charge in [-0.1, -0.05) is 12.2 Å². The number of carboxylic acids is 1. The molecular weight excluding hydrogens is 282 g/mol. The number of aliphatic carboxylic acids is 1. The summed E-state index contributed by atoms with van der Waals surface area (Å²) in [6.45, 7) is 5.56. The van der Waals surface area contributed by atoms with Crippen LogP contribution in [0.2, 0.25) is 0 Å². The summed E-state index contributed by atoms with van der Waals surface area (Å²) in [5.41, 5.74) is 0.710. The summed E-state index contributed by atoms with van der Waals surface area (Å²) in [7, 11) is -3.57. The Morgan fingerprint density at radius 1 is 1.35 bits per heavy atom. The first-order chi connectivity index (χ1) is 9.31. The number of benzene rings is 1. The van der Waals surface area contributed by atoms with E-state index in [1.54, 1.807) is 6.92 Å². The SMILES string of the molecule is C=C(C)CNS(=O)(=O)c1ccc(OCCC(=O)O)cc1. The van der Waals surface area contributed by atoms with Crippen molar-refractivity contribution in [1.29, 1.82) is 0 Å². The minimum absolute atomic E-state index is 0.0370. The van der Waals surface area contributed by atoms with Crippen molar-refractivity contribution in [3.8, 4) is 5.75 Å². The molecule has 0 bridgehead atoms. The van der Waals surface area contributed by atoms with E-state index in [9.17, 15) is 13.2 Å². The number of carboxylic acid groups (broad SMARTS) is 1. The Labute approximate surface area is 118 Å². The first-order valence-corrected chi connectivity index (χ1v) is 7.38. The highest BCUT2D eigenvalue weighted by Gasteiger charge is 2.13. The van der Waals surface area contributed by atoms with Gasteiger partial charge in [0.2, 0.25) is 10.0 Å². The second-order valence-corrected chi connectivity index (χ2v) is 6.01. The van der Waals surface area contributed by atoms with Crippen molar-refractivity contribution in [3.05, 3.63) is 36.4 Å². The van der Waals surface area contributed by atoms with Crippen LogP contribution in [0.25, 0.3) is 0 Å². The fraction of sp³-hybridized carbons (Fsp3) is 0.308. The van der Waals surface area contributed by atoms with Gasteiger partial charge in [-0.25, -0.2) is 13.1 Å². The zero-order valence-electron chi connectivity index (χ0n) is 11.1. The van der Waals surface area contributed by atoms with Crippen molar-refractivity contribution in [3.63, 3.8) is 0 Å². The lowest BCUT2D eigenvalue weighted by molar-refractivity contribution is -0.137. The molecule has 0 saturated heterocycles. The second-order valence-electron chi connectivity index (χ2n) is 4.25. The highest BCUT2D eigenvalue weighted by atomic mass is 32.2. The summed E-state index contributed by atoms with van der Waals surface area (Å²) in [6.07, 6.45) is -0.111. The maximum atomic E-state index is 11.9. The molecule has 0 unspecified atom stereocenters. The molecule has 1 aromatic carbocycles. The molecule has 0 radical (unpaired) electrons. The lowest BCUT2D eigenvalue weighted by Crippen LogP contribution is -2.25. The van der Waals surface area contributed by atoms with Gasteiger partial charge in [0.25, 0.3) is 0 Å². The number of hydrogen-bond acceptors (Lipinski definition) is 4. The van der Waals surface area contributed by atoms with Crippen LogP contribution in [0, 0.1) is 0 Å². The highest BCUT2D eigenvalue weighted by molar-refractivity contribution is 7.89. The molecule has 0 aliphatic heterocycles. The first-order valence-electron chi connectivity index (χ1n) is 5.90. The molecule has 0 saturated carbocycles. The summed E-state index contributed by atoms with van der Waals surface area (Å²) in [5, 5.41) is 8.47. The zero-order chi connectivity index (χ0) is 15.2. The number of ether oxygens (including phenoxy) is 1. The van der Waals surface area contributed by atoms with Crippen LogP contribution in [0.4, 0.5) is 0 Å². The van der Waals surface area contributed by atoms with Crippen LogP contribution in [-0.4, -0.2) is 32.6 Å². The van der Waals surface area contributed by atoms with E-state index in [1.807, 2.05) is 0 Å². The fourth-order valence-electron chi connectivity index (χ4n) is 1.27. The van der Waals surface area contributed by atoms with Crippen LogP contribution in [0.3, 0.4) is 0 Å². The summed E-state index contributed by atoms with van der Waals surface area (Å²) < 4.78 is 31.3. The molecule has 20 heavy (non-hydrogen) atoms. The summed E-state index contributed by atoms with van der Waals surface area (Å²) >= 11 is 0. The lowest BCUT2D eigenvalue weighted by atomic mass is 10.3. The van der Waals surface area contributed by atoms with Gasteiger partial charge in [0.15, 0.2) is 0 Å². The van der Waals surface area contributed by atoms with Crippen molar-refractivity contribution < 1.29 is 23.1 Å². The molecule has 0 aliphatic carbocycles. The number of carbonyl (C=O) groups is 1. The monoisotopic (exact) mass is 299 g/mol. The highest BCUT2D eigenvalue weighted by Crippen LogP contribution is 2.16. The van der Waals surface area contributed by atoms with E-state index >= 15 is 0 Å². The third-order valence-corrected chi connectivity index (χ3v) is 3.70. The number of rotatable bonds is 8. The van der Waals surface area contributed by atoms with Gasteiger partial charge in [-0.2, -0.15) is 0 Å². The van der Waals surface area contributed by atoms with E-state index in [2.05, 4.69) is 11.3 Å². The van der Waals surface area contributed by atoms with Crippen molar-refractivity contribution in [2.24, 2.45) is 0 Å². The molecule has 0 heterocycles. The molecule has 0 amide bonds. The van der Waals surface area contributed by atoms with Crippen LogP contribution in [0.15, 0.2) is 41.3 Å². The Morgan fingerprint density at radius 3 is 2.45 bits per heavy atom. The predicted molar refractivity (Wildman–Crippen MR) is 74.2 cm³/mol.